The van der Waals surface area contributed by atoms with Gasteiger partial charge >= 0.3 is 256 Å². The van der Waals surface area contributed by atoms with Crippen LogP contribution in [-0.4, -0.2) is 68.8 Å². The van der Waals surface area contributed by atoms with Crippen molar-refractivity contribution >= 4 is 70.1 Å². The molecule has 218 valence electrons. The molecule has 8 heteroatoms. The second-order valence-electron chi connectivity index (χ2n) is 13.1. The van der Waals surface area contributed by atoms with Gasteiger partial charge < -0.3 is 0 Å². The van der Waals surface area contributed by atoms with E-state index in [1.54, 1.807) is 0 Å². The average molecular weight is 710 g/mol. The Morgan fingerprint density at radius 3 is 1.17 bits per heavy atom. The number of hydrogen-bond acceptors (Lipinski definition) is 4. The summed E-state index contributed by atoms with van der Waals surface area (Å²) < 4.78 is 14.4. The van der Waals surface area contributed by atoms with Gasteiger partial charge in [-0.2, -0.15) is 0 Å². The van der Waals surface area contributed by atoms with Crippen LogP contribution in [0.5, 0.6) is 0 Å². The number of methoxy groups -OCH3 is 2. The quantitative estimate of drug-likeness (QED) is 0.138. The first kappa shape index (κ1) is 33.3. The number of rotatable bonds is 12. The van der Waals surface area contributed by atoms with E-state index in [1.807, 2.05) is 0 Å². The molecule has 41 heavy (non-hydrogen) atoms. The van der Waals surface area contributed by atoms with E-state index in [0.29, 0.717) is 3.59 Å². The molecule has 0 aromatic heterocycles. The molecule has 0 aliphatic carbocycles. The molecule has 0 saturated carbocycles. The molecule has 0 N–H and O–H groups in total. The van der Waals surface area contributed by atoms with E-state index in [2.05, 4.69) is 130 Å². The van der Waals surface area contributed by atoms with E-state index in [-0.39, 0.29) is 5.97 Å². The Morgan fingerprint density at radius 1 is 0.585 bits per heavy atom. The summed E-state index contributed by atoms with van der Waals surface area (Å²) >= 11 is -3.89. The zero-order chi connectivity index (χ0) is 30.3. The second-order valence-corrected chi connectivity index (χ2v) is 45.2. The summed E-state index contributed by atoms with van der Waals surface area (Å²) in [5.74, 6) is -0.816. The first-order valence-corrected chi connectivity index (χ1v) is 31.4. The van der Waals surface area contributed by atoms with Crippen LogP contribution in [0.1, 0.15) is 0 Å². The fraction of sp³-hybridized carbons (Fsp3) is 0.333. The summed E-state index contributed by atoms with van der Waals surface area (Å²) in [7, 11) is -3.35. The molecule has 3 aromatic rings. The van der Waals surface area contributed by atoms with Gasteiger partial charge in [0.15, 0.2) is 0 Å². The molecule has 0 heterocycles. The molecule has 0 bridgehead atoms. The minimum absolute atomic E-state index is 0.347. The first-order valence-electron chi connectivity index (χ1n) is 14.3. The van der Waals surface area contributed by atoms with Crippen molar-refractivity contribution in [3.63, 3.8) is 0 Å². The van der Waals surface area contributed by atoms with E-state index in [9.17, 15) is 9.59 Å². The van der Waals surface area contributed by atoms with E-state index in [1.165, 1.54) is 35.9 Å². The second kappa shape index (κ2) is 13.8. The zero-order valence-corrected chi connectivity index (χ0v) is 31.8. The monoisotopic (exact) mass is 710 g/mol. The summed E-state index contributed by atoms with van der Waals surface area (Å²) in [4.78, 5) is 26.8. The Hall–Kier alpha value is -2.21. The van der Waals surface area contributed by atoms with Gasteiger partial charge in [0.2, 0.25) is 0 Å². The Labute approximate surface area is 254 Å². The van der Waals surface area contributed by atoms with Crippen molar-refractivity contribution in [3.8, 4) is 0 Å². The molecule has 0 aliphatic rings. The first-order chi connectivity index (χ1) is 19.3. The molecule has 0 spiro atoms. The third-order valence-corrected chi connectivity index (χ3v) is 63.2. The molecular weight excluding hydrogens is 663 g/mol. The van der Waals surface area contributed by atoms with Crippen LogP contribution in [0.4, 0.5) is 0 Å². The molecular formula is C33H46O4Si3Sn. The van der Waals surface area contributed by atoms with Crippen molar-refractivity contribution < 1.29 is 19.1 Å². The van der Waals surface area contributed by atoms with Gasteiger partial charge in [-0.25, -0.2) is 0 Å². The summed E-state index contributed by atoms with van der Waals surface area (Å²) in [5, 5.41) is 4.17. The third kappa shape index (κ3) is 8.43. The normalized spacial score (nSPS) is 13.0. The van der Waals surface area contributed by atoms with Crippen molar-refractivity contribution in [1.82, 2.24) is 0 Å². The number of ether oxygens (including phenoxy) is 2. The summed E-state index contributed by atoms with van der Waals surface area (Å²) in [5.41, 5.74) is 0. The standard InChI is InChI=1S/3C9H13Si.C6H7O4.Sn/c3*1-10(2,3)9-7-5-4-6-8-9;1-9-5(7)3-4-6(8)10-2;/h3*4-8H,1H2,2-3H3;3H,1-2H3;. The van der Waals surface area contributed by atoms with Crippen LogP contribution in [0, 0.1) is 0 Å². The number of hydrogen-bond donors (Lipinski definition) is 0. The molecule has 0 radical (unpaired) electrons. The van der Waals surface area contributed by atoms with Gasteiger partial charge in [-0.15, -0.1) is 0 Å². The average Bonchev–Trinajstić information content (AvgIpc) is 2.96. The molecule has 0 fully saturated rings. The maximum absolute atomic E-state index is 13.9. The fourth-order valence-corrected chi connectivity index (χ4v) is 83.7. The maximum atomic E-state index is 13.9. The molecule has 3 aromatic carbocycles. The molecule has 3 rings (SSSR count). The van der Waals surface area contributed by atoms with Crippen LogP contribution in [-0.2, 0) is 19.1 Å². The van der Waals surface area contributed by atoms with Crippen LogP contribution in [0.25, 0.3) is 0 Å². The Kier molecular flexibility index (Phi) is 11.2. The molecule has 0 amide bonds. The Bertz CT molecular complexity index is 1210. The van der Waals surface area contributed by atoms with Crippen molar-refractivity contribution in [2.24, 2.45) is 0 Å². The predicted octanol–water partition coefficient (Wildman–Crippen LogP) is 5.71. The van der Waals surface area contributed by atoms with Gasteiger partial charge in [0.1, 0.15) is 0 Å². The molecule has 0 atom stereocenters. The molecule has 4 nitrogen and oxygen atoms in total. The van der Waals surface area contributed by atoms with Gasteiger partial charge in [0.25, 0.3) is 0 Å². The number of benzene rings is 3. The summed E-state index contributed by atoms with van der Waals surface area (Å²) in [6, 6.07) is 32.5. The van der Waals surface area contributed by atoms with Gasteiger partial charge in [-0.3, -0.25) is 0 Å². The molecule has 0 saturated heterocycles. The topological polar surface area (TPSA) is 52.6 Å². The number of esters is 2. The Morgan fingerprint density at radius 2 is 0.902 bits per heavy atom. The van der Waals surface area contributed by atoms with Crippen LogP contribution in [0.15, 0.2) is 101 Å². The zero-order valence-electron chi connectivity index (χ0n) is 26.0. The predicted molar refractivity (Wildman–Crippen MR) is 183 cm³/mol. The van der Waals surface area contributed by atoms with E-state index < -0.39 is 48.6 Å². The Balaban J connectivity index is 2.36. The van der Waals surface area contributed by atoms with E-state index >= 15 is 0 Å². The number of carbonyl (C=O) groups is 2. The van der Waals surface area contributed by atoms with Gasteiger partial charge in [-0.05, 0) is 0 Å². The fourth-order valence-electron chi connectivity index (χ4n) is 6.70. The minimum atomic E-state index is -3.89. The van der Waals surface area contributed by atoms with Crippen molar-refractivity contribution in [2.75, 3.05) is 14.2 Å². The van der Waals surface area contributed by atoms with Crippen LogP contribution < -0.4 is 15.6 Å². The van der Waals surface area contributed by atoms with Gasteiger partial charge in [0.05, 0.1) is 0 Å². The third-order valence-electron chi connectivity index (χ3n) is 8.45. The van der Waals surface area contributed by atoms with Gasteiger partial charge in [-0.1, -0.05) is 0 Å². The SMILES string of the molecule is COC(=O)/C=[C](\C(=O)OC)[Sn]([CH2][Si](C)(C)c1ccccc1)([CH2][Si](C)(C)c1ccccc1)[CH2][Si](C)(C)c1ccccc1. The van der Waals surface area contributed by atoms with Crippen molar-refractivity contribution in [1.29, 1.82) is 0 Å². The van der Waals surface area contributed by atoms with Gasteiger partial charge in [0, 0.05) is 0 Å². The van der Waals surface area contributed by atoms with Crippen LogP contribution in [0.2, 0.25) is 51.5 Å². The molecule has 0 aliphatic heterocycles. The summed E-state index contributed by atoms with van der Waals surface area (Å²) in [6.45, 7) is 14.6. The van der Waals surface area contributed by atoms with Crippen LogP contribution >= 0.6 is 0 Å². The van der Waals surface area contributed by atoms with Crippen molar-refractivity contribution in [3.05, 3.63) is 101 Å². The van der Waals surface area contributed by atoms with Crippen LogP contribution in [0.3, 0.4) is 0 Å². The molecule has 0 unspecified atom stereocenters. The van der Waals surface area contributed by atoms with E-state index in [4.69, 9.17) is 9.47 Å². The number of carbonyl (C=O) groups excluding carboxylic acids is 2. The van der Waals surface area contributed by atoms with Crippen molar-refractivity contribution in [2.45, 2.75) is 51.5 Å². The van der Waals surface area contributed by atoms with E-state index in [0.717, 1.165) is 12.2 Å². The summed E-state index contributed by atoms with van der Waals surface area (Å²) in [6.07, 6.45) is 1.53.